The lowest BCUT2D eigenvalue weighted by Gasteiger charge is -2.44. The van der Waals surface area contributed by atoms with E-state index >= 15 is 0 Å². The zero-order valence-electron chi connectivity index (χ0n) is 19.8. The Morgan fingerprint density at radius 2 is 1.85 bits per heavy atom. The average Bonchev–Trinajstić information content (AvgIpc) is 3.34. The lowest BCUT2D eigenvalue weighted by atomic mass is 9.93. The van der Waals surface area contributed by atoms with Crippen molar-refractivity contribution >= 4 is 17.7 Å². The minimum absolute atomic E-state index is 0.0391. The van der Waals surface area contributed by atoms with Crippen LogP contribution in [0.1, 0.15) is 78.4 Å². The summed E-state index contributed by atoms with van der Waals surface area (Å²) in [7, 11) is 0. The SMILES string of the molecule is C[C@]1(C(=O)NC2CCCC2)Cn2cnc(C(=O)NCCCc3ccccc3)c2C(=O)N1C1CC1. The minimum Gasteiger partial charge on any atom is -0.351 e. The van der Waals surface area contributed by atoms with Gasteiger partial charge in [0.25, 0.3) is 11.8 Å². The number of imidazole rings is 1. The van der Waals surface area contributed by atoms with Crippen molar-refractivity contribution in [2.24, 2.45) is 0 Å². The maximum atomic E-state index is 13.7. The van der Waals surface area contributed by atoms with E-state index in [1.165, 1.54) is 11.9 Å². The Morgan fingerprint density at radius 3 is 2.56 bits per heavy atom. The molecule has 0 radical (unpaired) electrons. The molecule has 1 aromatic heterocycles. The van der Waals surface area contributed by atoms with Crippen molar-refractivity contribution in [1.29, 1.82) is 0 Å². The molecule has 8 nitrogen and oxygen atoms in total. The third-order valence-electron chi connectivity index (χ3n) is 7.35. The van der Waals surface area contributed by atoms with E-state index in [2.05, 4.69) is 27.8 Å². The Hall–Kier alpha value is -3.16. The van der Waals surface area contributed by atoms with Crippen molar-refractivity contribution < 1.29 is 14.4 Å². The molecule has 8 heteroatoms. The van der Waals surface area contributed by atoms with Crippen LogP contribution in [-0.4, -0.2) is 56.3 Å². The highest BCUT2D eigenvalue weighted by Gasteiger charge is 2.54. The first-order valence-corrected chi connectivity index (χ1v) is 12.5. The molecule has 1 atom stereocenters. The van der Waals surface area contributed by atoms with Crippen molar-refractivity contribution in [3.05, 3.63) is 53.6 Å². The summed E-state index contributed by atoms with van der Waals surface area (Å²) in [5.41, 5.74) is 0.673. The van der Waals surface area contributed by atoms with Crippen LogP contribution in [0.3, 0.4) is 0 Å². The van der Waals surface area contributed by atoms with E-state index in [1.807, 2.05) is 25.1 Å². The maximum Gasteiger partial charge on any atom is 0.274 e. The fraction of sp³-hybridized carbons (Fsp3) is 0.538. The number of fused-ring (bicyclic) bond motifs is 1. The van der Waals surface area contributed by atoms with Crippen LogP contribution >= 0.6 is 0 Å². The standard InChI is InChI=1S/C26H33N5O3/c1-26(25(34)29-19-11-5-6-12-19)16-30-17-28-21(22(30)24(33)31(26)20-13-14-20)23(32)27-15-7-10-18-8-3-2-4-9-18/h2-4,8-9,17,19-20H,5-7,10-16H2,1H3,(H,27,32)(H,29,34)/t26-/m1/s1. The van der Waals surface area contributed by atoms with Gasteiger partial charge in [0.1, 0.15) is 11.2 Å². The second-order valence-electron chi connectivity index (χ2n) is 10.0. The molecule has 0 spiro atoms. The van der Waals surface area contributed by atoms with E-state index in [0.717, 1.165) is 51.4 Å². The van der Waals surface area contributed by atoms with Crippen LogP contribution in [0.4, 0.5) is 0 Å². The van der Waals surface area contributed by atoms with Gasteiger partial charge in [-0.05, 0) is 51.0 Å². The first-order valence-electron chi connectivity index (χ1n) is 12.5. The first-order chi connectivity index (χ1) is 16.5. The Labute approximate surface area is 200 Å². The molecule has 1 aromatic carbocycles. The summed E-state index contributed by atoms with van der Waals surface area (Å²) in [6.45, 7) is 2.65. The molecule has 2 aromatic rings. The van der Waals surface area contributed by atoms with Crippen LogP contribution in [0.5, 0.6) is 0 Å². The molecular formula is C26H33N5O3. The monoisotopic (exact) mass is 463 g/mol. The number of nitrogens with one attached hydrogen (secondary N) is 2. The number of benzene rings is 1. The Morgan fingerprint density at radius 1 is 1.12 bits per heavy atom. The highest BCUT2D eigenvalue weighted by molar-refractivity contribution is 6.07. The minimum atomic E-state index is -0.988. The average molecular weight is 464 g/mol. The van der Waals surface area contributed by atoms with Gasteiger partial charge in [-0.25, -0.2) is 4.98 Å². The third kappa shape index (κ3) is 4.33. The molecule has 3 aliphatic rings. The number of hydrogen-bond donors (Lipinski definition) is 2. The van der Waals surface area contributed by atoms with E-state index in [1.54, 1.807) is 9.47 Å². The fourth-order valence-corrected chi connectivity index (χ4v) is 5.36. The van der Waals surface area contributed by atoms with E-state index < -0.39 is 5.54 Å². The first kappa shape index (κ1) is 22.6. The van der Waals surface area contributed by atoms with Crippen LogP contribution < -0.4 is 10.6 Å². The van der Waals surface area contributed by atoms with Gasteiger partial charge in [-0.1, -0.05) is 43.2 Å². The van der Waals surface area contributed by atoms with E-state index in [4.69, 9.17) is 0 Å². The number of carbonyl (C=O) groups excluding carboxylic acids is 3. The quantitative estimate of drug-likeness (QED) is 0.589. The van der Waals surface area contributed by atoms with Gasteiger partial charge in [-0.2, -0.15) is 0 Å². The zero-order valence-corrected chi connectivity index (χ0v) is 19.8. The van der Waals surface area contributed by atoms with Crippen LogP contribution in [0.2, 0.25) is 0 Å². The van der Waals surface area contributed by atoms with Gasteiger partial charge in [0.2, 0.25) is 5.91 Å². The van der Waals surface area contributed by atoms with Gasteiger partial charge in [0.05, 0.1) is 12.9 Å². The molecule has 2 saturated carbocycles. The highest BCUT2D eigenvalue weighted by Crippen LogP contribution is 2.39. The third-order valence-corrected chi connectivity index (χ3v) is 7.35. The number of amides is 3. The van der Waals surface area contributed by atoms with Crippen LogP contribution in [0.15, 0.2) is 36.7 Å². The van der Waals surface area contributed by atoms with E-state index in [0.29, 0.717) is 18.8 Å². The van der Waals surface area contributed by atoms with Crippen molar-refractivity contribution in [2.75, 3.05) is 6.54 Å². The highest BCUT2D eigenvalue weighted by atomic mass is 16.2. The number of aromatic nitrogens is 2. The molecule has 0 unspecified atom stereocenters. The predicted molar refractivity (Wildman–Crippen MR) is 127 cm³/mol. The molecule has 1 aliphatic heterocycles. The molecule has 34 heavy (non-hydrogen) atoms. The molecule has 2 N–H and O–H groups in total. The Balaban J connectivity index is 1.29. The van der Waals surface area contributed by atoms with Gasteiger partial charge >= 0.3 is 0 Å². The summed E-state index contributed by atoms with van der Waals surface area (Å²) in [5.74, 6) is -0.722. The lowest BCUT2D eigenvalue weighted by molar-refractivity contribution is -0.134. The number of aryl methyl sites for hydroxylation is 1. The predicted octanol–water partition coefficient (Wildman–Crippen LogP) is 2.68. The molecule has 2 fully saturated rings. The van der Waals surface area contributed by atoms with Gasteiger partial charge in [-0.15, -0.1) is 0 Å². The molecule has 180 valence electrons. The van der Waals surface area contributed by atoms with Crippen molar-refractivity contribution in [2.45, 2.75) is 82.5 Å². The number of rotatable bonds is 8. The Kier molecular flexibility index (Phi) is 6.15. The number of hydrogen-bond acceptors (Lipinski definition) is 4. The van der Waals surface area contributed by atoms with Gasteiger partial charge < -0.3 is 20.1 Å². The summed E-state index contributed by atoms with van der Waals surface area (Å²) in [6, 6.07) is 10.4. The summed E-state index contributed by atoms with van der Waals surface area (Å²) < 4.78 is 1.69. The lowest BCUT2D eigenvalue weighted by Crippen LogP contribution is -2.65. The molecule has 3 amide bonds. The van der Waals surface area contributed by atoms with Gasteiger partial charge in [0.15, 0.2) is 5.69 Å². The zero-order chi connectivity index (χ0) is 23.7. The van der Waals surface area contributed by atoms with Gasteiger partial charge in [0, 0.05) is 18.6 Å². The largest absolute Gasteiger partial charge is 0.351 e. The van der Waals surface area contributed by atoms with Crippen molar-refractivity contribution in [3.63, 3.8) is 0 Å². The van der Waals surface area contributed by atoms with Crippen molar-refractivity contribution in [3.8, 4) is 0 Å². The summed E-state index contributed by atoms with van der Waals surface area (Å²) in [6.07, 6.45) is 9.19. The second-order valence-corrected chi connectivity index (χ2v) is 10.0. The van der Waals surface area contributed by atoms with Gasteiger partial charge in [-0.3, -0.25) is 14.4 Å². The molecule has 0 saturated heterocycles. The van der Waals surface area contributed by atoms with Crippen LogP contribution in [0.25, 0.3) is 0 Å². The fourth-order valence-electron chi connectivity index (χ4n) is 5.36. The molecule has 5 rings (SSSR count). The summed E-state index contributed by atoms with van der Waals surface area (Å²) in [4.78, 5) is 46.0. The van der Waals surface area contributed by atoms with E-state index in [9.17, 15) is 14.4 Å². The number of carbonyl (C=O) groups is 3. The molecule has 2 aliphatic carbocycles. The normalized spacial score (nSPS) is 22.5. The maximum absolute atomic E-state index is 13.7. The topological polar surface area (TPSA) is 96.3 Å². The number of nitrogens with zero attached hydrogens (tertiary/aromatic N) is 3. The second kappa shape index (κ2) is 9.24. The summed E-state index contributed by atoms with van der Waals surface area (Å²) in [5, 5.41) is 6.10. The molecule has 0 bridgehead atoms. The smallest absolute Gasteiger partial charge is 0.274 e. The van der Waals surface area contributed by atoms with Crippen molar-refractivity contribution in [1.82, 2.24) is 25.1 Å². The molecular weight excluding hydrogens is 430 g/mol. The molecule has 2 heterocycles. The van der Waals surface area contributed by atoms with Crippen LogP contribution in [0, 0.1) is 0 Å². The summed E-state index contributed by atoms with van der Waals surface area (Å²) >= 11 is 0. The van der Waals surface area contributed by atoms with Crippen LogP contribution in [-0.2, 0) is 17.8 Å². The van der Waals surface area contributed by atoms with E-state index in [-0.39, 0.29) is 35.5 Å². The Bertz CT molecular complexity index is 1070.